The Bertz CT molecular complexity index is 746. The Hall–Kier alpha value is -2.95. The van der Waals surface area contributed by atoms with Gasteiger partial charge in [-0.2, -0.15) is 0 Å². The van der Waals surface area contributed by atoms with Gasteiger partial charge in [-0.05, 0) is 56.2 Å². The number of rotatable bonds is 4. The van der Waals surface area contributed by atoms with Crippen LogP contribution in [0.25, 0.3) is 0 Å². The molecule has 2 amide bonds. The average molecular weight is 326 g/mol. The van der Waals surface area contributed by atoms with Crippen LogP contribution in [-0.4, -0.2) is 11.8 Å². The lowest BCUT2D eigenvalue weighted by Crippen LogP contribution is -2.13. The lowest BCUT2D eigenvalue weighted by molar-refractivity contribution is -0.114. The highest BCUT2D eigenvalue weighted by molar-refractivity contribution is 6.07. The zero-order valence-corrected chi connectivity index (χ0v) is 13.8. The molecule has 0 radical (unpaired) electrons. The van der Waals surface area contributed by atoms with E-state index < -0.39 is 11.8 Å². The quantitative estimate of drug-likeness (QED) is 0.838. The van der Waals surface area contributed by atoms with Crippen LogP contribution in [0.15, 0.2) is 48.6 Å². The summed E-state index contributed by atoms with van der Waals surface area (Å²) in [5, 5.41) is 5.32. The van der Waals surface area contributed by atoms with E-state index in [1.165, 1.54) is 18.2 Å². The monoisotopic (exact) mass is 326 g/mol. The molecule has 0 fully saturated rings. The Kier molecular flexibility index (Phi) is 5.47. The van der Waals surface area contributed by atoms with Crippen LogP contribution in [0.3, 0.4) is 0 Å². The van der Waals surface area contributed by atoms with Crippen molar-refractivity contribution in [2.45, 2.75) is 20.8 Å². The van der Waals surface area contributed by atoms with Gasteiger partial charge in [0, 0.05) is 23.5 Å². The number of nitrogens with one attached hydrogen (secondary N) is 2. The van der Waals surface area contributed by atoms with Crippen LogP contribution in [0.1, 0.15) is 16.7 Å². The van der Waals surface area contributed by atoms with Crippen LogP contribution in [0, 0.1) is 26.6 Å². The number of halogens is 1. The molecule has 124 valence electrons. The minimum atomic E-state index is -0.458. The lowest BCUT2D eigenvalue weighted by atomic mass is 10.1. The van der Waals surface area contributed by atoms with E-state index in [0.717, 1.165) is 23.3 Å². The van der Waals surface area contributed by atoms with E-state index in [9.17, 15) is 14.0 Å². The normalized spacial score (nSPS) is 10.7. The van der Waals surface area contributed by atoms with Crippen molar-refractivity contribution < 1.29 is 14.0 Å². The molecule has 0 saturated carbocycles. The molecule has 0 aromatic heterocycles. The van der Waals surface area contributed by atoms with Gasteiger partial charge in [0.05, 0.1) is 0 Å². The predicted molar refractivity (Wildman–Crippen MR) is 93.5 cm³/mol. The molecule has 5 heteroatoms. The molecule has 2 N–H and O–H groups in total. The Labute approximate surface area is 140 Å². The van der Waals surface area contributed by atoms with Gasteiger partial charge in [-0.3, -0.25) is 9.59 Å². The summed E-state index contributed by atoms with van der Waals surface area (Å²) in [4.78, 5) is 23.7. The summed E-state index contributed by atoms with van der Waals surface area (Å²) in [6.07, 6.45) is 2.30. The van der Waals surface area contributed by atoms with Crippen LogP contribution < -0.4 is 10.6 Å². The molecule has 2 aromatic rings. The van der Waals surface area contributed by atoms with Crippen molar-refractivity contribution in [3.05, 3.63) is 71.1 Å². The first-order valence-corrected chi connectivity index (χ1v) is 7.48. The molecular weight excluding hydrogens is 307 g/mol. The first-order valence-electron chi connectivity index (χ1n) is 7.48. The molecule has 2 rings (SSSR count). The van der Waals surface area contributed by atoms with Gasteiger partial charge in [0.2, 0.25) is 11.8 Å². The average Bonchev–Trinajstić information content (AvgIpc) is 2.51. The van der Waals surface area contributed by atoms with E-state index in [0.29, 0.717) is 16.9 Å². The maximum absolute atomic E-state index is 13.0. The van der Waals surface area contributed by atoms with Gasteiger partial charge in [0.1, 0.15) is 5.82 Å². The Balaban J connectivity index is 1.96. The smallest absolute Gasteiger partial charge is 0.248 e. The van der Waals surface area contributed by atoms with Crippen LogP contribution >= 0.6 is 0 Å². The Morgan fingerprint density at radius 1 is 0.833 bits per heavy atom. The minimum absolute atomic E-state index is 0.367. The summed E-state index contributed by atoms with van der Waals surface area (Å²) in [5.41, 5.74) is 3.86. The molecule has 0 aliphatic rings. The van der Waals surface area contributed by atoms with Crippen LogP contribution in [0.2, 0.25) is 0 Å². The molecule has 0 bridgehead atoms. The number of benzene rings is 2. The molecule has 0 atom stereocenters. The van der Waals surface area contributed by atoms with E-state index in [4.69, 9.17) is 0 Å². The van der Waals surface area contributed by atoms with Gasteiger partial charge in [-0.25, -0.2) is 4.39 Å². The molecule has 0 saturated heterocycles. The second-order valence-electron chi connectivity index (χ2n) is 5.59. The highest BCUT2D eigenvalue weighted by atomic mass is 19.1. The van der Waals surface area contributed by atoms with Gasteiger partial charge < -0.3 is 10.6 Å². The summed E-state index contributed by atoms with van der Waals surface area (Å²) < 4.78 is 13.0. The summed E-state index contributed by atoms with van der Waals surface area (Å²) in [5.74, 6) is -1.22. The van der Waals surface area contributed by atoms with Crippen LogP contribution in [0.4, 0.5) is 15.8 Å². The zero-order valence-electron chi connectivity index (χ0n) is 13.8. The van der Waals surface area contributed by atoms with Crippen molar-refractivity contribution in [2.24, 2.45) is 0 Å². The van der Waals surface area contributed by atoms with Gasteiger partial charge in [-0.1, -0.05) is 17.7 Å². The van der Waals surface area contributed by atoms with Gasteiger partial charge in [0.25, 0.3) is 0 Å². The number of hydrogen-bond acceptors (Lipinski definition) is 2. The number of hydrogen-bond donors (Lipinski definition) is 2. The lowest BCUT2D eigenvalue weighted by Gasteiger charge is -2.07. The molecule has 0 aliphatic carbocycles. The van der Waals surface area contributed by atoms with Crippen molar-refractivity contribution in [3.8, 4) is 0 Å². The van der Waals surface area contributed by atoms with Crippen molar-refractivity contribution in [3.63, 3.8) is 0 Å². The second kappa shape index (κ2) is 7.55. The highest BCUT2D eigenvalue weighted by Crippen LogP contribution is 2.17. The van der Waals surface area contributed by atoms with E-state index in [2.05, 4.69) is 10.6 Å². The first-order chi connectivity index (χ1) is 11.3. The van der Waals surface area contributed by atoms with Crippen molar-refractivity contribution in [1.82, 2.24) is 0 Å². The summed E-state index contributed by atoms with van der Waals surface area (Å²) >= 11 is 0. The summed E-state index contributed by atoms with van der Waals surface area (Å²) in [6.45, 7) is 5.56. The maximum Gasteiger partial charge on any atom is 0.248 e. The van der Waals surface area contributed by atoms with Gasteiger partial charge >= 0.3 is 0 Å². The van der Waals surface area contributed by atoms with Crippen LogP contribution in [-0.2, 0) is 9.59 Å². The van der Waals surface area contributed by atoms with Crippen molar-refractivity contribution >= 4 is 23.2 Å². The molecule has 0 unspecified atom stereocenters. The maximum atomic E-state index is 13.0. The third-order valence-electron chi connectivity index (χ3n) is 3.47. The van der Waals surface area contributed by atoms with Crippen molar-refractivity contribution in [1.29, 1.82) is 0 Å². The largest absolute Gasteiger partial charge is 0.322 e. The molecular formula is C19H19FN2O2. The Morgan fingerprint density at radius 3 is 1.83 bits per heavy atom. The standard InChI is InChI=1S/C19H19FN2O2/c1-12-4-6-16(13(2)10-12)21-18(23)8-9-19(24)22-17-7-5-15(20)11-14(17)3/h4-11H,1-3H3,(H,21,23)(H,22,24)/b9-8-. The first kappa shape index (κ1) is 17.4. The Morgan fingerprint density at radius 2 is 1.33 bits per heavy atom. The predicted octanol–water partition coefficient (Wildman–Crippen LogP) is 3.88. The minimum Gasteiger partial charge on any atom is -0.322 e. The second-order valence-corrected chi connectivity index (χ2v) is 5.59. The fourth-order valence-corrected chi connectivity index (χ4v) is 2.22. The molecule has 0 aliphatic heterocycles. The van der Waals surface area contributed by atoms with Crippen molar-refractivity contribution in [2.75, 3.05) is 10.6 Å². The fourth-order valence-electron chi connectivity index (χ4n) is 2.22. The number of anilines is 2. The third-order valence-corrected chi connectivity index (χ3v) is 3.47. The number of aryl methyl sites for hydroxylation is 3. The van der Waals surface area contributed by atoms with E-state index in [1.54, 1.807) is 6.92 Å². The molecule has 0 heterocycles. The SMILES string of the molecule is Cc1ccc(NC(=O)/C=C\C(=O)Nc2ccc(F)cc2C)c(C)c1. The zero-order chi connectivity index (χ0) is 17.7. The fraction of sp³-hybridized carbons (Fsp3) is 0.158. The number of amides is 2. The summed E-state index contributed by atoms with van der Waals surface area (Å²) in [7, 11) is 0. The van der Waals surface area contributed by atoms with E-state index in [-0.39, 0.29) is 5.82 Å². The van der Waals surface area contributed by atoms with Gasteiger partial charge in [0.15, 0.2) is 0 Å². The van der Waals surface area contributed by atoms with Crippen LogP contribution in [0.5, 0.6) is 0 Å². The topological polar surface area (TPSA) is 58.2 Å². The molecule has 2 aromatic carbocycles. The summed E-state index contributed by atoms with van der Waals surface area (Å²) in [6, 6.07) is 9.75. The number of carbonyl (C=O) groups is 2. The highest BCUT2D eigenvalue weighted by Gasteiger charge is 2.05. The van der Waals surface area contributed by atoms with Gasteiger partial charge in [-0.15, -0.1) is 0 Å². The van der Waals surface area contributed by atoms with E-state index >= 15 is 0 Å². The molecule has 0 spiro atoms. The number of carbonyl (C=O) groups excluding carboxylic acids is 2. The molecule has 24 heavy (non-hydrogen) atoms. The third kappa shape index (κ3) is 4.78. The molecule has 4 nitrogen and oxygen atoms in total. The van der Waals surface area contributed by atoms with E-state index in [1.807, 2.05) is 32.0 Å².